The summed E-state index contributed by atoms with van der Waals surface area (Å²) in [6.07, 6.45) is 1.44. The van der Waals surface area contributed by atoms with Crippen molar-refractivity contribution in [3.05, 3.63) is 28.8 Å². The Bertz CT molecular complexity index is 573. The van der Waals surface area contributed by atoms with Crippen LogP contribution in [0.4, 0.5) is 0 Å². The number of carbonyl (C=O) groups excluding carboxylic acids is 1. The maximum atomic E-state index is 13.2. The molecule has 0 spiro atoms. The SMILES string of the molecule is Cc1cc(C)c([S@](=O)[C@@H]2C(=O)CC[C@H]2C(C)(C)C)c(C)c1. The molecule has 0 bridgehead atoms. The zero-order valence-corrected chi connectivity index (χ0v) is 14.8. The molecule has 1 aromatic carbocycles. The van der Waals surface area contributed by atoms with Gasteiger partial charge in [-0.2, -0.15) is 0 Å². The molecule has 3 heteroatoms. The molecule has 0 amide bonds. The highest BCUT2D eigenvalue weighted by Crippen LogP contribution is 2.42. The van der Waals surface area contributed by atoms with Crippen LogP contribution < -0.4 is 0 Å². The monoisotopic (exact) mass is 306 g/mol. The lowest BCUT2D eigenvalue weighted by Crippen LogP contribution is -2.35. The first-order chi connectivity index (χ1) is 9.62. The van der Waals surface area contributed by atoms with Gasteiger partial charge in [0.25, 0.3) is 0 Å². The number of Topliss-reactive ketones (excluding diaryl/α,β-unsaturated/α-hetero) is 1. The molecular formula is C18H26O2S. The number of carbonyl (C=O) groups is 1. The number of rotatable bonds is 2. The third-order valence-corrected chi connectivity index (χ3v) is 6.63. The molecule has 0 saturated heterocycles. The first-order valence-electron chi connectivity index (χ1n) is 7.64. The maximum absolute atomic E-state index is 13.2. The van der Waals surface area contributed by atoms with Crippen molar-refractivity contribution in [1.82, 2.24) is 0 Å². The van der Waals surface area contributed by atoms with Crippen LogP contribution in [0.3, 0.4) is 0 Å². The summed E-state index contributed by atoms with van der Waals surface area (Å²) in [5.41, 5.74) is 3.27. The van der Waals surface area contributed by atoms with Crippen molar-refractivity contribution in [2.45, 2.75) is 64.5 Å². The van der Waals surface area contributed by atoms with Gasteiger partial charge in [0.1, 0.15) is 11.0 Å². The average Bonchev–Trinajstić information content (AvgIpc) is 2.69. The Kier molecular flexibility index (Phi) is 4.44. The number of hydrogen-bond acceptors (Lipinski definition) is 2. The van der Waals surface area contributed by atoms with Crippen LogP contribution in [0.1, 0.15) is 50.3 Å². The molecule has 116 valence electrons. The third kappa shape index (κ3) is 3.13. The standard InChI is InChI=1S/C18H26O2S/c1-11-9-12(2)16(13(3)10-11)21(20)17-14(18(4,5)6)7-8-15(17)19/h9-10,14,17H,7-8H2,1-6H3/t14-,17+,21+/m1/s1. The Labute approximate surface area is 130 Å². The topological polar surface area (TPSA) is 34.1 Å². The van der Waals surface area contributed by atoms with E-state index < -0.39 is 10.8 Å². The number of ketones is 1. The van der Waals surface area contributed by atoms with Crippen LogP contribution in [0, 0.1) is 32.1 Å². The molecule has 0 radical (unpaired) electrons. The second kappa shape index (κ2) is 5.68. The fourth-order valence-corrected chi connectivity index (χ4v) is 5.79. The van der Waals surface area contributed by atoms with Gasteiger partial charge in [0.15, 0.2) is 0 Å². The molecule has 0 N–H and O–H groups in total. The Morgan fingerprint density at radius 1 is 1.10 bits per heavy atom. The minimum absolute atomic E-state index is 0.0129. The smallest absolute Gasteiger partial charge is 0.149 e. The molecule has 1 saturated carbocycles. The van der Waals surface area contributed by atoms with Crippen LogP contribution in [-0.2, 0) is 15.6 Å². The number of aryl methyl sites for hydroxylation is 3. The molecule has 0 unspecified atom stereocenters. The van der Waals surface area contributed by atoms with Crippen molar-refractivity contribution in [3.63, 3.8) is 0 Å². The van der Waals surface area contributed by atoms with E-state index in [4.69, 9.17) is 0 Å². The molecular weight excluding hydrogens is 280 g/mol. The van der Waals surface area contributed by atoms with Crippen molar-refractivity contribution in [3.8, 4) is 0 Å². The molecule has 0 heterocycles. The van der Waals surface area contributed by atoms with Crippen molar-refractivity contribution in [2.75, 3.05) is 0 Å². The highest BCUT2D eigenvalue weighted by Gasteiger charge is 2.45. The van der Waals surface area contributed by atoms with E-state index in [0.717, 1.165) is 22.4 Å². The van der Waals surface area contributed by atoms with Gasteiger partial charge < -0.3 is 0 Å². The van der Waals surface area contributed by atoms with Crippen LogP contribution in [-0.4, -0.2) is 15.2 Å². The lowest BCUT2D eigenvalue weighted by atomic mass is 9.79. The second-order valence-electron chi connectivity index (χ2n) is 7.42. The fourth-order valence-electron chi connectivity index (χ4n) is 3.58. The quantitative estimate of drug-likeness (QED) is 0.824. The first kappa shape index (κ1) is 16.4. The van der Waals surface area contributed by atoms with Gasteiger partial charge in [-0.15, -0.1) is 0 Å². The maximum Gasteiger partial charge on any atom is 0.149 e. The molecule has 1 aliphatic rings. The number of hydrogen-bond donors (Lipinski definition) is 0. The molecule has 21 heavy (non-hydrogen) atoms. The van der Waals surface area contributed by atoms with E-state index in [2.05, 4.69) is 32.9 Å². The summed E-state index contributed by atoms with van der Waals surface area (Å²) < 4.78 is 13.2. The lowest BCUT2D eigenvalue weighted by molar-refractivity contribution is -0.117. The van der Waals surface area contributed by atoms with Crippen LogP contribution >= 0.6 is 0 Å². The van der Waals surface area contributed by atoms with E-state index in [1.54, 1.807) is 0 Å². The Morgan fingerprint density at radius 2 is 1.62 bits per heavy atom. The molecule has 1 fully saturated rings. The summed E-state index contributed by atoms with van der Waals surface area (Å²) >= 11 is 0. The van der Waals surface area contributed by atoms with Crippen LogP contribution in [0.15, 0.2) is 17.0 Å². The highest BCUT2D eigenvalue weighted by molar-refractivity contribution is 7.86. The zero-order chi connectivity index (χ0) is 15.9. The summed E-state index contributed by atoms with van der Waals surface area (Å²) in [7, 11) is -1.25. The molecule has 3 atom stereocenters. The average molecular weight is 306 g/mol. The van der Waals surface area contributed by atoms with Crippen LogP contribution in [0.5, 0.6) is 0 Å². The molecule has 0 aliphatic heterocycles. The van der Waals surface area contributed by atoms with Gasteiger partial charge in [-0.05, 0) is 49.7 Å². The van der Waals surface area contributed by atoms with Gasteiger partial charge in [-0.1, -0.05) is 38.5 Å². The van der Waals surface area contributed by atoms with E-state index in [1.165, 1.54) is 5.56 Å². The number of benzene rings is 1. The predicted molar refractivity (Wildman–Crippen MR) is 88.0 cm³/mol. The van der Waals surface area contributed by atoms with Gasteiger partial charge >= 0.3 is 0 Å². The Morgan fingerprint density at radius 3 is 2.10 bits per heavy atom. The van der Waals surface area contributed by atoms with E-state index in [9.17, 15) is 9.00 Å². The minimum Gasteiger partial charge on any atom is -0.298 e. The predicted octanol–water partition coefficient (Wildman–Crippen LogP) is 4.11. The summed E-state index contributed by atoms with van der Waals surface area (Å²) in [4.78, 5) is 13.2. The first-order valence-corrected chi connectivity index (χ1v) is 8.85. The Balaban J connectivity index is 2.46. The molecule has 1 aromatic rings. The summed E-state index contributed by atoms with van der Waals surface area (Å²) in [5, 5.41) is -0.342. The third-order valence-electron chi connectivity index (χ3n) is 4.53. The fraction of sp³-hybridized carbons (Fsp3) is 0.611. The molecule has 2 nitrogen and oxygen atoms in total. The summed E-state index contributed by atoms with van der Waals surface area (Å²) in [6, 6.07) is 4.12. The highest BCUT2D eigenvalue weighted by atomic mass is 32.2. The van der Waals surface area contributed by atoms with Crippen molar-refractivity contribution >= 4 is 16.6 Å². The van der Waals surface area contributed by atoms with E-state index in [-0.39, 0.29) is 22.4 Å². The van der Waals surface area contributed by atoms with Gasteiger partial charge in [0.05, 0.1) is 10.8 Å². The van der Waals surface area contributed by atoms with Gasteiger partial charge in [0.2, 0.25) is 0 Å². The van der Waals surface area contributed by atoms with Gasteiger partial charge in [-0.25, -0.2) is 0 Å². The van der Waals surface area contributed by atoms with E-state index >= 15 is 0 Å². The van der Waals surface area contributed by atoms with Crippen LogP contribution in [0.25, 0.3) is 0 Å². The summed E-state index contributed by atoms with van der Waals surface area (Å²) in [5.74, 6) is 0.374. The second-order valence-corrected chi connectivity index (χ2v) is 8.93. The normalized spacial score (nSPS) is 24.4. The van der Waals surface area contributed by atoms with Crippen LogP contribution in [0.2, 0.25) is 0 Å². The largest absolute Gasteiger partial charge is 0.298 e. The summed E-state index contributed by atoms with van der Waals surface area (Å²) in [6.45, 7) is 12.5. The van der Waals surface area contributed by atoms with E-state index in [0.29, 0.717) is 6.42 Å². The Hall–Kier alpha value is -0.960. The van der Waals surface area contributed by atoms with Crippen molar-refractivity contribution < 1.29 is 9.00 Å². The molecule has 2 rings (SSSR count). The van der Waals surface area contributed by atoms with Gasteiger partial charge in [-0.3, -0.25) is 9.00 Å². The zero-order valence-electron chi connectivity index (χ0n) is 13.9. The van der Waals surface area contributed by atoms with Gasteiger partial charge in [0, 0.05) is 11.3 Å². The minimum atomic E-state index is -1.25. The van der Waals surface area contributed by atoms with Crippen molar-refractivity contribution in [1.29, 1.82) is 0 Å². The molecule has 1 aliphatic carbocycles. The lowest BCUT2D eigenvalue weighted by Gasteiger charge is -2.31. The molecule has 0 aromatic heterocycles. The van der Waals surface area contributed by atoms with Crippen molar-refractivity contribution in [2.24, 2.45) is 11.3 Å². The van der Waals surface area contributed by atoms with E-state index in [1.807, 2.05) is 20.8 Å².